The lowest BCUT2D eigenvalue weighted by Gasteiger charge is -2.14. The number of nitrogens with one attached hydrogen (secondary N) is 2. The number of hydrogen-bond acceptors (Lipinski definition) is 8. The van der Waals surface area contributed by atoms with Gasteiger partial charge in [-0.3, -0.25) is 9.59 Å². The second-order valence-corrected chi connectivity index (χ2v) is 5.87. The summed E-state index contributed by atoms with van der Waals surface area (Å²) in [6, 6.07) is 5.01. The average Bonchev–Trinajstić information content (AvgIpc) is 2.64. The molecule has 1 atom stereocenters. The highest BCUT2D eigenvalue weighted by Crippen LogP contribution is 2.14. The number of nitrogen functional groups attached to an aromatic ring is 2. The molecule has 1 unspecified atom stereocenters. The monoisotopic (exact) mass is 388 g/mol. The van der Waals surface area contributed by atoms with Gasteiger partial charge in [0.2, 0.25) is 5.95 Å². The van der Waals surface area contributed by atoms with Gasteiger partial charge in [-0.1, -0.05) is 0 Å². The summed E-state index contributed by atoms with van der Waals surface area (Å²) in [5, 5.41) is 23.2. The summed E-state index contributed by atoms with van der Waals surface area (Å²) in [5.41, 5.74) is 12.8. The normalized spacial score (nSPS) is 11.4. The first kappa shape index (κ1) is 20.4. The van der Waals surface area contributed by atoms with Crippen LogP contribution in [-0.2, 0) is 16.1 Å². The van der Waals surface area contributed by atoms with Gasteiger partial charge < -0.3 is 32.3 Å². The molecule has 8 N–H and O–H groups in total. The lowest BCUT2D eigenvalue weighted by atomic mass is 10.1. The predicted octanol–water partition coefficient (Wildman–Crippen LogP) is 0.301. The van der Waals surface area contributed by atoms with Crippen LogP contribution in [-0.4, -0.2) is 44.1 Å². The number of aromatic nitrogens is 2. The molecule has 0 aliphatic heterocycles. The minimum atomic E-state index is -1.30. The number of benzene rings is 1. The first-order valence-corrected chi connectivity index (χ1v) is 8.22. The molecule has 2 rings (SSSR count). The maximum Gasteiger partial charge on any atom is 0.326 e. The first-order valence-electron chi connectivity index (χ1n) is 8.22. The Kier molecular flexibility index (Phi) is 6.68. The van der Waals surface area contributed by atoms with Crippen molar-refractivity contribution in [3.63, 3.8) is 0 Å². The molecule has 1 aromatic carbocycles. The third-order valence-electron chi connectivity index (χ3n) is 3.80. The summed E-state index contributed by atoms with van der Waals surface area (Å²) < 4.78 is 0. The Morgan fingerprint density at radius 3 is 2.36 bits per heavy atom. The van der Waals surface area contributed by atoms with Gasteiger partial charge in [-0.15, -0.1) is 0 Å². The number of carbonyl (C=O) groups is 3. The van der Waals surface area contributed by atoms with E-state index < -0.39 is 23.9 Å². The number of carboxylic acid groups (broad SMARTS) is 2. The zero-order valence-electron chi connectivity index (χ0n) is 14.8. The molecule has 1 aromatic heterocycles. The van der Waals surface area contributed by atoms with Crippen LogP contribution in [0.1, 0.15) is 28.8 Å². The van der Waals surface area contributed by atoms with Crippen molar-refractivity contribution in [3.05, 3.63) is 41.6 Å². The molecule has 0 bridgehead atoms. The molecule has 1 amide bonds. The van der Waals surface area contributed by atoms with E-state index >= 15 is 0 Å². The van der Waals surface area contributed by atoms with Gasteiger partial charge in [0.25, 0.3) is 5.91 Å². The topological polar surface area (TPSA) is 194 Å². The number of anilines is 3. The molecular weight excluding hydrogens is 368 g/mol. The third kappa shape index (κ3) is 5.83. The number of hydrogen-bond donors (Lipinski definition) is 6. The molecule has 0 saturated carbocycles. The van der Waals surface area contributed by atoms with Gasteiger partial charge in [-0.05, 0) is 30.7 Å². The van der Waals surface area contributed by atoms with Gasteiger partial charge in [0.15, 0.2) is 0 Å². The van der Waals surface area contributed by atoms with E-state index in [1.54, 1.807) is 12.1 Å². The summed E-state index contributed by atoms with van der Waals surface area (Å²) in [6.07, 6.45) is 0.939. The number of rotatable bonds is 9. The first-order chi connectivity index (χ1) is 13.3. The van der Waals surface area contributed by atoms with Crippen LogP contribution in [0.15, 0.2) is 30.5 Å². The van der Waals surface area contributed by atoms with E-state index in [4.69, 9.17) is 21.7 Å². The molecule has 28 heavy (non-hydrogen) atoms. The standard InChI is InChI=1S/C17H20N6O5/c18-14-10(8-21-17(19)23-14)7-20-11-3-1-9(2-4-11)15(26)22-12(16(27)28)5-6-13(24)25/h1-4,8,12,20H,5-7H2,(H,22,26)(H,24,25)(H,27,28)(H4,18,19,21,23). The summed E-state index contributed by atoms with van der Waals surface area (Å²) in [4.78, 5) is 41.7. The average molecular weight is 388 g/mol. The number of carbonyl (C=O) groups excluding carboxylic acids is 1. The van der Waals surface area contributed by atoms with E-state index in [1.165, 1.54) is 18.3 Å². The molecule has 2 aromatic rings. The van der Waals surface area contributed by atoms with Crippen LogP contribution < -0.4 is 22.1 Å². The Labute approximate surface area is 159 Å². The molecule has 0 fully saturated rings. The highest BCUT2D eigenvalue weighted by Gasteiger charge is 2.21. The van der Waals surface area contributed by atoms with E-state index in [0.717, 1.165) is 0 Å². The van der Waals surface area contributed by atoms with Gasteiger partial charge in [0, 0.05) is 36.0 Å². The molecule has 0 spiro atoms. The summed E-state index contributed by atoms with van der Waals surface area (Å²) in [5.74, 6) is -2.70. The Morgan fingerprint density at radius 2 is 1.79 bits per heavy atom. The van der Waals surface area contributed by atoms with E-state index in [9.17, 15) is 14.4 Å². The molecule has 148 valence electrons. The molecule has 11 nitrogen and oxygen atoms in total. The van der Waals surface area contributed by atoms with Crippen LogP contribution in [0.25, 0.3) is 0 Å². The third-order valence-corrected chi connectivity index (χ3v) is 3.80. The van der Waals surface area contributed by atoms with Crippen LogP contribution in [0.5, 0.6) is 0 Å². The van der Waals surface area contributed by atoms with E-state index in [1.807, 2.05) is 0 Å². The number of amides is 1. The molecule has 11 heteroatoms. The van der Waals surface area contributed by atoms with Crippen LogP contribution in [0.2, 0.25) is 0 Å². The van der Waals surface area contributed by atoms with Crippen molar-refractivity contribution in [3.8, 4) is 0 Å². The van der Waals surface area contributed by atoms with Crippen molar-refractivity contribution in [2.75, 3.05) is 16.8 Å². The fourth-order valence-corrected chi connectivity index (χ4v) is 2.27. The van der Waals surface area contributed by atoms with Crippen LogP contribution >= 0.6 is 0 Å². The van der Waals surface area contributed by atoms with Crippen LogP contribution in [0, 0.1) is 0 Å². The number of nitrogens with zero attached hydrogens (tertiary/aromatic N) is 2. The lowest BCUT2D eigenvalue weighted by molar-refractivity contribution is -0.140. The fourth-order valence-electron chi connectivity index (χ4n) is 2.27. The maximum atomic E-state index is 12.2. The fraction of sp³-hybridized carbons (Fsp3) is 0.235. The van der Waals surface area contributed by atoms with Crippen LogP contribution in [0.4, 0.5) is 17.5 Å². The zero-order valence-corrected chi connectivity index (χ0v) is 14.8. The Hall–Kier alpha value is -3.89. The second-order valence-electron chi connectivity index (χ2n) is 5.87. The largest absolute Gasteiger partial charge is 0.481 e. The smallest absolute Gasteiger partial charge is 0.326 e. The van der Waals surface area contributed by atoms with Gasteiger partial charge >= 0.3 is 11.9 Å². The minimum Gasteiger partial charge on any atom is -0.481 e. The highest BCUT2D eigenvalue weighted by molar-refractivity contribution is 5.96. The lowest BCUT2D eigenvalue weighted by Crippen LogP contribution is -2.41. The molecule has 0 aliphatic rings. The number of nitrogens with two attached hydrogens (primary N) is 2. The number of aliphatic carboxylic acids is 2. The van der Waals surface area contributed by atoms with Gasteiger partial charge in [-0.25, -0.2) is 9.78 Å². The molecule has 0 saturated heterocycles. The predicted molar refractivity (Wildman–Crippen MR) is 100 cm³/mol. The van der Waals surface area contributed by atoms with E-state index in [-0.39, 0.29) is 30.2 Å². The molecular formula is C17H20N6O5. The quantitative estimate of drug-likeness (QED) is 0.348. The number of carboxylic acids is 2. The van der Waals surface area contributed by atoms with Crippen molar-refractivity contribution in [2.24, 2.45) is 0 Å². The minimum absolute atomic E-state index is 0.0830. The SMILES string of the molecule is Nc1ncc(CNc2ccc(C(=O)NC(CCC(=O)O)C(=O)O)cc2)c(N)n1. The Morgan fingerprint density at radius 1 is 1.11 bits per heavy atom. The Balaban J connectivity index is 1.95. The molecule has 0 aliphatic carbocycles. The van der Waals surface area contributed by atoms with Crippen molar-refractivity contribution in [1.29, 1.82) is 0 Å². The highest BCUT2D eigenvalue weighted by atomic mass is 16.4. The van der Waals surface area contributed by atoms with Crippen molar-refractivity contribution in [1.82, 2.24) is 15.3 Å². The van der Waals surface area contributed by atoms with Crippen molar-refractivity contribution in [2.45, 2.75) is 25.4 Å². The summed E-state index contributed by atoms with van der Waals surface area (Å²) >= 11 is 0. The van der Waals surface area contributed by atoms with Crippen molar-refractivity contribution >= 4 is 35.3 Å². The molecule has 0 radical (unpaired) electrons. The van der Waals surface area contributed by atoms with Gasteiger partial charge in [-0.2, -0.15) is 4.98 Å². The van der Waals surface area contributed by atoms with Gasteiger partial charge in [0.05, 0.1) is 0 Å². The summed E-state index contributed by atoms with van der Waals surface area (Å²) in [7, 11) is 0. The van der Waals surface area contributed by atoms with E-state index in [0.29, 0.717) is 17.8 Å². The van der Waals surface area contributed by atoms with E-state index in [2.05, 4.69) is 20.6 Å². The second kappa shape index (κ2) is 9.16. The van der Waals surface area contributed by atoms with Crippen molar-refractivity contribution < 1.29 is 24.6 Å². The molecule has 1 heterocycles. The zero-order chi connectivity index (χ0) is 20.7. The van der Waals surface area contributed by atoms with Crippen LogP contribution in [0.3, 0.4) is 0 Å². The Bertz CT molecular complexity index is 871. The van der Waals surface area contributed by atoms with Gasteiger partial charge in [0.1, 0.15) is 11.9 Å². The maximum absolute atomic E-state index is 12.2. The summed E-state index contributed by atoms with van der Waals surface area (Å²) in [6.45, 7) is 0.341.